The van der Waals surface area contributed by atoms with Crippen molar-refractivity contribution in [1.29, 1.82) is 0 Å². The summed E-state index contributed by atoms with van der Waals surface area (Å²) in [6.07, 6.45) is 0.720. The van der Waals surface area contributed by atoms with E-state index in [-0.39, 0.29) is 17.4 Å². The van der Waals surface area contributed by atoms with Crippen molar-refractivity contribution >= 4 is 0 Å². The minimum absolute atomic E-state index is 0.0700. The molecule has 2 nitrogen and oxygen atoms in total. The standard InChI is InChI=1S/C28H22O2/c1-17-10-12-18(13-11-17)16-28-21-8-4-2-6-19(21)25(20-7-3-5-9-22(20)28)26-23(29)14-15-24(30)27(26)28/h2-15,25,29-30H,16H2,1H3. The third kappa shape index (κ3) is 2.08. The van der Waals surface area contributed by atoms with Gasteiger partial charge in [-0.3, -0.25) is 0 Å². The van der Waals surface area contributed by atoms with Gasteiger partial charge in [-0.05, 0) is 53.3 Å². The van der Waals surface area contributed by atoms with Gasteiger partial charge in [-0.1, -0.05) is 78.4 Å². The molecule has 2 N–H and O–H groups in total. The van der Waals surface area contributed by atoms with Gasteiger partial charge < -0.3 is 10.2 Å². The molecule has 0 aromatic heterocycles. The van der Waals surface area contributed by atoms with Crippen LogP contribution in [0, 0.1) is 6.92 Å². The summed E-state index contributed by atoms with van der Waals surface area (Å²) in [4.78, 5) is 0. The number of aryl methyl sites for hydroxylation is 1. The van der Waals surface area contributed by atoms with Crippen LogP contribution in [0.4, 0.5) is 0 Å². The molecular formula is C28H22O2. The van der Waals surface area contributed by atoms with Crippen molar-refractivity contribution in [1.82, 2.24) is 0 Å². The van der Waals surface area contributed by atoms with Crippen molar-refractivity contribution in [2.24, 2.45) is 0 Å². The summed E-state index contributed by atoms with van der Waals surface area (Å²) in [6, 6.07) is 28.9. The first-order chi connectivity index (χ1) is 14.6. The number of aromatic hydroxyl groups is 2. The number of phenolic OH excluding ortho intramolecular Hbond substituents is 2. The lowest BCUT2D eigenvalue weighted by Crippen LogP contribution is -2.43. The molecule has 2 heteroatoms. The Kier molecular flexibility index (Phi) is 3.47. The van der Waals surface area contributed by atoms with E-state index in [1.807, 2.05) is 0 Å². The second-order valence-corrected chi connectivity index (χ2v) is 8.57. The SMILES string of the molecule is Cc1ccc(CC23c4ccccc4C(c4ccccc42)c2c(O)ccc(O)c23)cc1. The molecule has 2 bridgehead atoms. The summed E-state index contributed by atoms with van der Waals surface area (Å²) in [5.74, 6) is 0.438. The van der Waals surface area contributed by atoms with Gasteiger partial charge in [0.2, 0.25) is 0 Å². The molecule has 146 valence electrons. The fraction of sp³-hybridized carbons (Fsp3) is 0.143. The highest BCUT2D eigenvalue weighted by atomic mass is 16.3. The van der Waals surface area contributed by atoms with Gasteiger partial charge in [0.1, 0.15) is 11.5 Å². The summed E-state index contributed by atoms with van der Waals surface area (Å²) in [5.41, 5.74) is 8.48. The molecule has 0 amide bonds. The minimum Gasteiger partial charge on any atom is -0.508 e. The van der Waals surface area contributed by atoms with Gasteiger partial charge >= 0.3 is 0 Å². The Morgan fingerprint density at radius 2 is 1.27 bits per heavy atom. The van der Waals surface area contributed by atoms with Crippen molar-refractivity contribution in [3.63, 3.8) is 0 Å². The molecule has 0 fully saturated rings. The maximum absolute atomic E-state index is 11.1. The van der Waals surface area contributed by atoms with Crippen LogP contribution in [-0.2, 0) is 11.8 Å². The van der Waals surface area contributed by atoms with E-state index >= 15 is 0 Å². The number of rotatable bonds is 2. The highest BCUT2D eigenvalue weighted by Gasteiger charge is 2.53. The summed E-state index contributed by atoms with van der Waals surface area (Å²) in [6.45, 7) is 2.09. The lowest BCUT2D eigenvalue weighted by molar-refractivity contribution is 0.417. The summed E-state index contributed by atoms with van der Waals surface area (Å²) in [5, 5.41) is 22.1. The van der Waals surface area contributed by atoms with Gasteiger partial charge in [0.05, 0.1) is 5.41 Å². The van der Waals surface area contributed by atoms with Crippen molar-refractivity contribution in [3.8, 4) is 11.5 Å². The highest BCUT2D eigenvalue weighted by Crippen LogP contribution is 2.63. The lowest BCUT2D eigenvalue weighted by Gasteiger charge is -2.51. The zero-order valence-electron chi connectivity index (χ0n) is 16.8. The molecule has 7 rings (SSSR count). The van der Waals surface area contributed by atoms with Gasteiger partial charge in [0.25, 0.3) is 0 Å². The maximum Gasteiger partial charge on any atom is 0.120 e. The van der Waals surface area contributed by atoms with Crippen LogP contribution in [0.1, 0.15) is 50.4 Å². The van der Waals surface area contributed by atoms with Gasteiger partial charge in [-0.2, -0.15) is 0 Å². The van der Waals surface area contributed by atoms with Gasteiger partial charge in [0, 0.05) is 17.0 Å². The molecule has 0 heterocycles. The van der Waals surface area contributed by atoms with E-state index in [9.17, 15) is 10.2 Å². The Bertz CT molecular complexity index is 1250. The average molecular weight is 390 g/mol. The topological polar surface area (TPSA) is 40.5 Å². The number of benzene rings is 4. The first-order valence-corrected chi connectivity index (χ1v) is 10.4. The van der Waals surface area contributed by atoms with Gasteiger partial charge in [-0.15, -0.1) is 0 Å². The molecule has 0 aliphatic heterocycles. The van der Waals surface area contributed by atoms with Crippen LogP contribution >= 0.6 is 0 Å². The van der Waals surface area contributed by atoms with Crippen molar-refractivity contribution < 1.29 is 10.2 Å². The van der Waals surface area contributed by atoms with Crippen LogP contribution < -0.4 is 0 Å². The molecule has 0 spiro atoms. The quantitative estimate of drug-likeness (QED) is 0.425. The van der Waals surface area contributed by atoms with Crippen LogP contribution in [0.15, 0.2) is 84.9 Å². The Morgan fingerprint density at radius 3 is 1.90 bits per heavy atom. The number of hydrogen-bond donors (Lipinski definition) is 2. The second-order valence-electron chi connectivity index (χ2n) is 8.57. The molecule has 0 saturated carbocycles. The molecule has 30 heavy (non-hydrogen) atoms. The van der Waals surface area contributed by atoms with E-state index in [4.69, 9.17) is 0 Å². The molecule has 0 radical (unpaired) electrons. The molecular weight excluding hydrogens is 368 g/mol. The fourth-order valence-corrected chi connectivity index (χ4v) is 5.80. The van der Waals surface area contributed by atoms with Crippen LogP contribution in [-0.4, -0.2) is 10.2 Å². The van der Waals surface area contributed by atoms with Crippen LogP contribution in [0.25, 0.3) is 0 Å². The zero-order valence-corrected chi connectivity index (χ0v) is 16.8. The van der Waals surface area contributed by atoms with Crippen molar-refractivity contribution in [3.05, 3.63) is 129 Å². The molecule has 0 unspecified atom stereocenters. The van der Waals surface area contributed by atoms with Crippen LogP contribution in [0.2, 0.25) is 0 Å². The van der Waals surface area contributed by atoms with Crippen LogP contribution in [0.3, 0.4) is 0 Å². The molecule has 0 saturated heterocycles. The molecule has 4 aromatic carbocycles. The molecule has 4 aromatic rings. The van der Waals surface area contributed by atoms with E-state index in [0.29, 0.717) is 0 Å². The molecule has 0 atom stereocenters. The Morgan fingerprint density at radius 1 is 0.700 bits per heavy atom. The highest BCUT2D eigenvalue weighted by molar-refractivity contribution is 5.76. The Hall–Kier alpha value is -3.52. The third-order valence-corrected chi connectivity index (χ3v) is 6.97. The first kappa shape index (κ1) is 17.3. The van der Waals surface area contributed by atoms with Crippen molar-refractivity contribution in [2.75, 3.05) is 0 Å². The smallest absolute Gasteiger partial charge is 0.120 e. The van der Waals surface area contributed by atoms with Crippen LogP contribution in [0.5, 0.6) is 11.5 Å². The normalized spacial score (nSPS) is 20.4. The summed E-state index contributed by atoms with van der Waals surface area (Å²) < 4.78 is 0. The molecule has 3 aliphatic carbocycles. The third-order valence-electron chi connectivity index (χ3n) is 6.97. The minimum atomic E-state index is -0.546. The predicted molar refractivity (Wildman–Crippen MR) is 118 cm³/mol. The summed E-state index contributed by atoms with van der Waals surface area (Å²) >= 11 is 0. The van der Waals surface area contributed by atoms with E-state index < -0.39 is 5.41 Å². The second kappa shape index (κ2) is 5.99. The first-order valence-electron chi connectivity index (χ1n) is 10.4. The van der Waals surface area contributed by atoms with Crippen molar-refractivity contribution in [2.45, 2.75) is 24.7 Å². The Labute approximate surface area is 176 Å². The maximum atomic E-state index is 11.1. The van der Waals surface area contributed by atoms with E-state index in [1.165, 1.54) is 33.4 Å². The van der Waals surface area contributed by atoms with E-state index in [0.717, 1.165) is 17.5 Å². The predicted octanol–water partition coefficient (Wildman–Crippen LogP) is 5.79. The van der Waals surface area contributed by atoms with Gasteiger partial charge in [0.15, 0.2) is 0 Å². The largest absolute Gasteiger partial charge is 0.508 e. The van der Waals surface area contributed by atoms with Gasteiger partial charge in [-0.25, -0.2) is 0 Å². The van der Waals surface area contributed by atoms with E-state index in [2.05, 4.69) is 79.7 Å². The average Bonchev–Trinajstić information content (AvgIpc) is 2.78. The summed E-state index contributed by atoms with van der Waals surface area (Å²) in [7, 11) is 0. The monoisotopic (exact) mass is 390 g/mol. The van der Waals surface area contributed by atoms with E-state index in [1.54, 1.807) is 12.1 Å². The zero-order chi connectivity index (χ0) is 20.5. The number of phenols is 2. The Balaban J connectivity index is 1.76. The lowest BCUT2D eigenvalue weighted by atomic mass is 9.51. The fourth-order valence-electron chi connectivity index (χ4n) is 5.80. The number of hydrogen-bond acceptors (Lipinski definition) is 2. The molecule has 3 aliphatic rings.